The molecule has 0 aliphatic rings. The Bertz CT molecular complexity index is 710. The lowest BCUT2D eigenvalue weighted by molar-refractivity contribution is 0.364. The molecule has 3 aromatic heterocycles. The van der Waals surface area contributed by atoms with Crippen LogP contribution in [-0.4, -0.2) is 30.1 Å². The second kappa shape index (κ2) is 6.13. The van der Waals surface area contributed by atoms with Gasteiger partial charge in [-0.1, -0.05) is 39.3 Å². The predicted octanol–water partition coefficient (Wildman–Crippen LogP) is 2.62. The molecule has 0 aliphatic heterocycles. The average molecular weight is 349 g/mol. The number of hydrogen-bond acceptors (Lipinski definition) is 6. The summed E-state index contributed by atoms with van der Waals surface area (Å²) in [6.45, 7) is 2.46. The first-order valence-electron chi connectivity index (χ1n) is 6.54. The molecule has 0 aliphatic carbocycles. The van der Waals surface area contributed by atoms with Crippen LogP contribution in [0.5, 0.6) is 0 Å². The van der Waals surface area contributed by atoms with Crippen LogP contribution in [0.4, 0.5) is 0 Å². The summed E-state index contributed by atoms with van der Waals surface area (Å²) in [5.74, 6) is 0.938. The van der Waals surface area contributed by atoms with Crippen molar-refractivity contribution < 1.29 is 4.52 Å². The molecule has 0 fully saturated rings. The molecular formula is C13H13BrN6O. The van der Waals surface area contributed by atoms with Gasteiger partial charge in [0.1, 0.15) is 12.2 Å². The fraction of sp³-hybridized carbons (Fsp3) is 0.308. The summed E-state index contributed by atoms with van der Waals surface area (Å²) in [7, 11) is 0. The van der Waals surface area contributed by atoms with Crippen molar-refractivity contribution in [2.45, 2.75) is 24.7 Å². The van der Waals surface area contributed by atoms with Crippen molar-refractivity contribution in [1.82, 2.24) is 30.1 Å². The molecule has 3 heterocycles. The highest BCUT2D eigenvalue weighted by atomic mass is 79.9. The Morgan fingerprint density at radius 3 is 3.05 bits per heavy atom. The fourth-order valence-electron chi connectivity index (χ4n) is 1.80. The van der Waals surface area contributed by atoms with Gasteiger partial charge in [-0.25, -0.2) is 4.68 Å². The zero-order valence-corrected chi connectivity index (χ0v) is 12.9. The lowest BCUT2D eigenvalue weighted by Gasteiger charge is -1.98. The topological polar surface area (TPSA) is 82.5 Å². The summed E-state index contributed by atoms with van der Waals surface area (Å²) in [5.41, 5.74) is 1.57. The molecule has 0 saturated carbocycles. The predicted molar refractivity (Wildman–Crippen MR) is 78.6 cm³/mol. The van der Waals surface area contributed by atoms with Crippen molar-refractivity contribution in [2.75, 3.05) is 0 Å². The Labute approximate surface area is 129 Å². The summed E-state index contributed by atoms with van der Waals surface area (Å²) in [5, 5.41) is 12.1. The van der Waals surface area contributed by atoms with Crippen molar-refractivity contribution in [1.29, 1.82) is 0 Å². The van der Waals surface area contributed by atoms with E-state index >= 15 is 0 Å². The van der Waals surface area contributed by atoms with Crippen LogP contribution in [0.3, 0.4) is 0 Å². The van der Waals surface area contributed by atoms with Crippen LogP contribution < -0.4 is 0 Å². The highest BCUT2D eigenvalue weighted by Crippen LogP contribution is 2.23. The van der Waals surface area contributed by atoms with Crippen molar-refractivity contribution in [3.8, 4) is 11.5 Å². The van der Waals surface area contributed by atoms with Crippen LogP contribution in [0.15, 0.2) is 35.1 Å². The van der Waals surface area contributed by atoms with Gasteiger partial charge < -0.3 is 4.52 Å². The van der Waals surface area contributed by atoms with E-state index in [1.807, 2.05) is 24.4 Å². The third-order valence-corrected chi connectivity index (χ3v) is 4.01. The van der Waals surface area contributed by atoms with Crippen molar-refractivity contribution >= 4 is 15.9 Å². The molecule has 21 heavy (non-hydrogen) atoms. The van der Waals surface area contributed by atoms with Crippen molar-refractivity contribution in [2.24, 2.45) is 0 Å². The van der Waals surface area contributed by atoms with Gasteiger partial charge in [0.15, 0.2) is 0 Å². The minimum absolute atomic E-state index is 0.206. The van der Waals surface area contributed by atoms with Gasteiger partial charge in [0.05, 0.1) is 16.7 Å². The van der Waals surface area contributed by atoms with Crippen molar-refractivity contribution in [3.05, 3.63) is 42.2 Å². The number of aromatic nitrogens is 6. The molecule has 8 heteroatoms. The maximum absolute atomic E-state index is 5.22. The highest BCUT2D eigenvalue weighted by molar-refractivity contribution is 9.09. The maximum Gasteiger partial charge on any atom is 0.248 e. The third kappa shape index (κ3) is 3.15. The lowest BCUT2D eigenvalue weighted by Crippen LogP contribution is -2.00. The number of nitrogens with zero attached hydrogens (tertiary/aromatic N) is 6. The quantitative estimate of drug-likeness (QED) is 0.659. The number of hydrogen-bond donors (Lipinski definition) is 0. The van der Waals surface area contributed by atoms with Gasteiger partial charge >= 0.3 is 0 Å². The molecule has 0 saturated heterocycles. The number of halogens is 1. The van der Waals surface area contributed by atoms with E-state index in [2.05, 4.69) is 48.3 Å². The van der Waals surface area contributed by atoms with Crippen molar-refractivity contribution in [3.63, 3.8) is 0 Å². The Morgan fingerprint density at radius 1 is 1.38 bits per heavy atom. The maximum atomic E-state index is 5.22. The minimum Gasteiger partial charge on any atom is -0.337 e. The average Bonchev–Trinajstić information content (AvgIpc) is 3.17. The van der Waals surface area contributed by atoms with E-state index in [1.165, 1.54) is 0 Å². The van der Waals surface area contributed by atoms with E-state index in [1.54, 1.807) is 10.9 Å². The summed E-state index contributed by atoms with van der Waals surface area (Å²) >= 11 is 3.54. The van der Waals surface area contributed by atoms with Gasteiger partial charge in [-0.15, -0.1) is 5.10 Å². The van der Waals surface area contributed by atoms with E-state index in [-0.39, 0.29) is 4.83 Å². The first kappa shape index (κ1) is 13.9. The zero-order valence-electron chi connectivity index (χ0n) is 11.3. The molecule has 3 rings (SSSR count). The molecule has 0 aromatic carbocycles. The van der Waals surface area contributed by atoms with Gasteiger partial charge in [0.25, 0.3) is 0 Å². The van der Waals surface area contributed by atoms with Crippen LogP contribution in [0.1, 0.15) is 29.8 Å². The number of alkyl halides is 1. The van der Waals surface area contributed by atoms with Gasteiger partial charge in [-0.2, -0.15) is 4.98 Å². The molecule has 1 unspecified atom stereocenters. The second-order valence-corrected chi connectivity index (χ2v) is 5.55. The molecule has 1 atom stereocenters. The molecule has 0 radical (unpaired) electrons. The van der Waals surface area contributed by atoms with E-state index in [9.17, 15) is 0 Å². The van der Waals surface area contributed by atoms with Crippen LogP contribution in [0.25, 0.3) is 11.5 Å². The van der Waals surface area contributed by atoms with Crippen LogP contribution in [0.2, 0.25) is 0 Å². The molecule has 3 aromatic rings. The van der Waals surface area contributed by atoms with Gasteiger partial charge in [-0.3, -0.25) is 4.98 Å². The smallest absolute Gasteiger partial charge is 0.248 e. The number of rotatable bonds is 5. The Morgan fingerprint density at radius 2 is 2.29 bits per heavy atom. The summed E-state index contributed by atoms with van der Waals surface area (Å²) in [4.78, 5) is 8.70. The Balaban J connectivity index is 1.74. The molecule has 0 N–H and O–H groups in total. The molecule has 108 valence electrons. The lowest BCUT2D eigenvalue weighted by atomic mass is 10.3. The number of pyridine rings is 1. The molecule has 0 spiro atoms. The SMILES string of the molecule is CCC(Br)c1cn(Cc2nc(-c3ccccn3)no2)nn1. The van der Waals surface area contributed by atoms with E-state index in [0.717, 1.165) is 12.1 Å². The third-order valence-electron chi connectivity index (χ3n) is 2.90. The van der Waals surface area contributed by atoms with Crippen LogP contribution in [-0.2, 0) is 6.54 Å². The van der Waals surface area contributed by atoms with E-state index in [4.69, 9.17) is 4.52 Å². The first-order chi connectivity index (χ1) is 10.3. The first-order valence-corrected chi connectivity index (χ1v) is 7.46. The van der Waals surface area contributed by atoms with Crippen LogP contribution >= 0.6 is 15.9 Å². The second-order valence-electron chi connectivity index (χ2n) is 4.44. The summed E-state index contributed by atoms with van der Waals surface area (Å²) in [6.07, 6.45) is 4.51. The van der Waals surface area contributed by atoms with E-state index < -0.39 is 0 Å². The summed E-state index contributed by atoms with van der Waals surface area (Å²) < 4.78 is 6.89. The molecule has 7 nitrogen and oxygen atoms in total. The van der Waals surface area contributed by atoms with E-state index in [0.29, 0.717) is 24.0 Å². The molecule has 0 bridgehead atoms. The standard InChI is InChI=1S/C13H13BrN6O/c1-2-9(14)11-7-20(19-17-11)8-12-16-13(18-21-12)10-5-3-4-6-15-10/h3-7,9H,2,8H2,1H3. The Kier molecular flexibility index (Phi) is 4.05. The van der Waals surface area contributed by atoms with Gasteiger partial charge in [0.2, 0.25) is 11.7 Å². The zero-order chi connectivity index (χ0) is 14.7. The summed E-state index contributed by atoms with van der Waals surface area (Å²) in [6, 6.07) is 5.55. The largest absolute Gasteiger partial charge is 0.337 e. The monoisotopic (exact) mass is 348 g/mol. The fourth-order valence-corrected chi connectivity index (χ4v) is 2.01. The minimum atomic E-state index is 0.206. The highest BCUT2D eigenvalue weighted by Gasteiger charge is 2.13. The van der Waals surface area contributed by atoms with Gasteiger partial charge in [-0.05, 0) is 18.6 Å². The van der Waals surface area contributed by atoms with Gasteiger partial charge in [0, 0.05) is 6.20 Å². The Hall–Kier alpha value is -2.09. The van der Waals surface area contributed by atoms with Crippen LogP contribution in [0, 0.1) is 0 Å². The molecule has 0 amide bonds. The normalized spacial score (nSPS) is 12.5. The molecular weight excluding hydrogens is 336 g/mol.